The summed E-state index contributed by atoms with van der Waals surface area (Å²) in [5, 5.41) is 7.43. The van der Waals surface area contributed by atoms with Crippen LogP contribution in [0, 0.1) is 5.92 Å². The van der Waals surface area contributed by atoms with Crippen molar-refractivity contribution in [2.75, 3.05) is 25.5 Å². The number of nitrogens with one attached hydrogen (secondary N) is 2. The van der Waals surface area contributed by atoms with Gasteiger partial charge < -0.3 is 25.0 Å². The Balaban J connectivity index is 1.59. The number of hydrogen-bond donors (Lipinski definition) is 2. The van der Waals surface area contributed by atoms with Crippen molar-refractivity contribution in [3.05, 3.63) is 88.9 Å². The number of carbonyl (C=O) groups is 1. The Kier molecular flexibility index (Phi) is 10.4. The van der Waals surface area contributed by atoms with Gasteiger partial charge in [-0.25, -0.2) is 0 Å². The first-order valence-electron chi connectivity index (χ1n) is 11.8. The summed E-state index contributed by atoms with van der Waals surface area (Å²) in [6.45, 7) is 5.70. The Hall–Kier alpha value is -3.29. The number of benzene rings is 3. The first-order valence-corrected chi connectivity index (χ1v) is 12.6. The van der Waals surface area contributed by atoms with E-state index in [1.165, 1.54) is 0 Å². The molecule has 3 rings (SSSR count). The maximum Gasteiger partial charge on any atom is 0.225 e. The van der Waals surface area contributed by atoms with Gasteiger partial charge in [0, 0.05) is 36.3 Å². The molecule has 0 atom stereocenters. The lowest BCUT2D eigenvalue weighted by Crippen LogP contribution is -2.41. The molecule has 0 saturated carbocycles. The molecule has 0 heterocycles. The minimum Gasteiger partial charge on any atom is -0.493 e. The molecule has 1 amide bonds. The molecule has 8 heteroatoms. The van der Waals surface area contributed by atoms with Crippen LogP contribution in [0.4, 0.5) is 5.69 Å². The molecule has 0 unspecified atom stereocenters. The average molecular weight is 526 g/mol. The Morgan fingerprint density at radius 1 is 1.00 bits per heavy atom. The van der Waals surface area contributed by atoms with Crippen LogP contribution in [0.25, 0.3) is 0 Å². The number of nitrogens with zero attached hydrogens (tertiary/aromatic N) is 1. The van der Waals surface area contributed by atoms with Crippen molar-refractivity contribution in [2.45, 2.75) is 27.0 Å². The van der Waals surface area contributed by atoms with E-state index in [9.17, 15) is 4.79 Å². The molecule has 3 aromatic rings. The average Bonchev–Trinajstić information content (AvgIpc) is 2.88. The van der Waals surface area contributed by atoms with Gasteiger partial charge >= 0.3 is 0 Å². The van der Waals surface area contributed by atoms with E-state index in [1.807, 2.05) is 79.4 Å². The summed E-state index contributed by atoms with van der Waals surface area (Å²) in [6.07, 6.45) is 0. The number of hydrogen-bond acceptors (Lipinski definition) is 4. The summed E-state index contributed by atoms with van der Waals surface area (Å²) >= 11 is 11.3. The number of methoxy groups -OCH3 is 1. The molecular weight excluding hydrogens is 494 g/mol. The van der Waals surface area contributed by atoms with Crippen LogP contribution in [0.5, 0.6) is 11.5 Å². The highest BCUT2D eigenvalue weighted by Gasteiger charge is 2.18. The number of anilines is 1. The number of amides is 1. The molecule has 0 aliphatic carbocycles. The number of rotatable bonds is 11. The van der Waals surface area contributed by atoms with Crippen molar-refractivity contribution in [1.29, 1.82) is 0 Å². The van der Waals surface area contributed by atoms with E-state index in [1.54, 1.807) is 19.2 Å². The van der Waals surface area contributed by atoms with Crippen LogP contribution in [-0.2, 0) is 17.9 Å². The van der Waals surface area contributed by atoms with Crippen molar-refractivity contribution >= 4 is 40.5 Å². The van der Waals surface area contributed by atoms with Gasteiger partial charge in [0.05, 0.1) is 7.11 Å². The molecule has 0 aromatic heterocycles. The fraction of sp³-hybridized carbons (Fsp3) is 0.286. The first kappa shape index (κ1) is 27.3. The lowest BCUT2D eigenvalue weighted by molar-refractivity contribution is -0.135. The molecule has 0 aliphatic rings. The Labute approximate surface area is 223 Å². The van der Waals surface area contributed by atoms with E-state index < -0.39 is 0 Å². The highest BCUT2D eigenvalue weighted by Crippen LogP contribution is 2.29. The predicted octanol–water partition coefficient (Wildman–Crippen LogP) is 5.90. The summed E-state index contributed by atoms with van der Waals surface area (Å²) in [4.78, 5) is 14.7. The molecule has 0 spiro atoms. The van der Waals surface area contributed by atoms with Gasteiger partial charge in [-0.05, 0) is 59.7 Å². The van der Waals surface area contributed by atoms with Gasteiger partial charge in [0.15, 0.2) is 16.6 Å². The summed E-state index contributed by atoms with van der Waals surface area (Å²) < 4.78 is 11.5. The molecule has 6 nitrogen and oxygen atoms in total. The quantitative estimate of drug-likeness (QED) is 0.304. The maximum absolute atomic E-state index is 12.9. The molecule has 0 radical (unpaired) electrons. The molecule has 0 bridgehead atoms. The third-order valence-electron chi connectivity index (χ3n) is 5.41. The minimum atomic E-state index is -0.125. The topological polar surface area (TPSA) is 62.8 Å². The van der Waals surface area contributed by atoms with E-state index >= 15 is 0 Å². The zero-order chi connectivity index (χ0) is 25.9. The third-order valence-corrected chi connectivity index (χ3v) is 5.91. The van der Waals surface area contributed by atoms with Crippen molar-refractivity contribution in [3.8, 4) is 11.5 Å². The summed E-state index contributed by atoms with van der Waals surface area (Å²) in [5.74, 6) is 1.23. The number of carbonyl (C=O) groups excluding carboxylic acids is 1. The smallest absolute Gasteiger partial charge is 0.225 e. The zero-order valence-electron chi connectivity index (χ0n) is 20.8. The van der Waals surface area contributed by atoms with Gasteiger partial charge in [-0.3, -0.25) is 4.79 Å². The van der Waals surface area contributed by atoms with E-state index in [0.29, 0.717) is 47.9 Å². The van der Waals surface area contributed by atoms with E-state index in [4.69, 9.17) is 33.3 Å². The van der Waals surface area contributed by atoms with Gasteiger partial charge in [0.25, 0.3) is 0 Å². The van der Waals surface area contributed by atoms with E-state index in [0.717, 1.165) is 16.8 Å². The molecule has 3 aromatic carbocycles. The van der Waals surface area contributed by atoms with Gasteiger partial charge in [0.2, 0.25) is 5.91 Å². The van der Waals surface area contributed by atoms with Gasteiger partial charge in [0.1, 0.15) is 6.61 Å². The predicted molar refractivity (Wildman–Crippen MR) is 150 cm³/mol. The number of halogens is 1. The summed E-state index contributed by atoms with van der Waals surface area (Å²) in [6, 6.07) is 23.0. The Morgan fingerprint density at radius 2 is 1.72 bits per heavy atom. The molecule has 0 saturated heterocycles. The molecule has 0 aliphatic heterocycles. The second-order valence-electron chi connectivity index (χ2n) is 8.56. The Morgan fingerprint density at radius 3 is 2.39 bits per heavy atom. The Bertz CT molecular complexity index is 1140. The lowest BCUT2D eigenvalue weighted by atomic mass is 10.1. The standard InChI is InChI=1S/C28H32ClN3O3S/c1-20(2)27(33)32(16-15-30-28(36)31-24-12-10-23(29)11-13-24)18-22-9-14-25(26(17-22)34-3)35-19-21-7-5-4-6-8-21/h4-14,17,20H,15-16,18-19H2,1-3H3,(H2,30,31,36). The molecule has 190 valence electrons. The van der Waals surface area contributed by atoms with Crippen LogP contribution in [0.15, 0.2) is 72.8 Å². The normalized spacial score (nSPS) is 10.6. The van der Waals surface area contributed by atoms with Crippen LogP contribution in [0.3, 0.4) is 0 Å². The van der Waals surface area contributed by atoms with Crippen LogP contribution in [-0.4, -0.2) is 36.1 Å². The largest absolute Gasteiger partial charge is 0.493 e. The first-order chi connectivity index (χ1) is 17.4. The maximum atomic E-state index is 12.9. The van der Waals surface area contributed by atoms with Crippen molar-refractivity contribution in [2.24, 2.45) is 5.92 Å². The molecule has 0 fully saturated rings. The van der Waals surface area contributed by atoms with Crippen LogP contribution in [0.2, 0.25) is 5.02 Å². The highest BCUT2D eigenvalue weighted by atomic mass is 35.5. The van der Waals surface area contributed by atoms with E-state index in [-0.39, 0.29) is 11.8 Å². The second kappa shape index (κ2) is 13.7. The fourth-order valence-corrected chi connectivity index (χ4v) is 3.88. The molecular formula is C28H32ClN3O3S. The van der Waals surface area contributed by atoms with Crippen LogP contribution < -0.4 is 20.1 Å². The van der Waals surface area contributed by atoms with Crippen LogP contribution in [0.1, 0.15) is 25.0 Å². The summed E-state index contributed by atoms with van der Waals surface area (Å²) in [5.41, 5.74) is 2.87. The monoisotopic (exact) mass is 525 g/mol. The van der Waals surface area contributed by atoms with Crippen molar-refractivity contribution in [3.63, 3.8) is 0 Å². The van der Waals surface area contributed by atoms with Crippen LogP contribution >= 0.6 is 23.8 Å². The van der Waals surface area contributed by atoms with E-state index in [2.05, 4.69) is 10.6 Å². The lowest BCUT2D eigenvalue weighted by Gasteiger charge is -2.25. The zero-order valence-corrected chi connectivity index (χ0v) is 22.4. The SMILES string of the molecule is COc1cc(CN(CCNC(=S)Nc2ccc(Cl)cc2)C(=O)C(C)C)ccc1OCc1ccccc1. The van der Waals surface area contributed by atoms with Crippen molar-refractivity contribution < 1.29 is 14.3 Å². The van der Waals surface area contributed by atoms with Gasteiger partial charge in [-0.1, -0.05) is 61.8 Å². The number of ether oxygens (including phenoxy) is 2. The third kappa shape index (κ3) is 8.43. The minimum absolute atomic E-state index is 0.0664. The molecule has 2 N–H and O–H groups in total. The fourth-order valence-electron chi connectivity index (χ4n) is 3.53. The van der Waals surface area contributed by atoms with Gasteiger partial charge in [-0.15, -0.1) is 0 Å². The second-order valence-corrected chi connectivity index (χ2v) is 9.41. The highest BCUT2D eigenvalue weighted by molar-refractivity contribution is 7.80. The van der Waals surface area contributed by atoms with Gasteiger partial charge in [-0.2, -0.15) is 0 Å². The molecule has 36 heavy (non-hydrogen) atoms. The van der Waals surface area contributed by atoms with Crippen molar-refractivity contribution in [1.82, 2.24) is 10.2 Å². The number of thiocarbonyl (C=S) groups is 1. The summed E-state index contributed by atoms with van der Waals surface area (Å²) in [7, 11) is 1.62.